The average molecular weight is 427 g/mol. The SMILES string of the molecule is CNC(=O)c1ccc(OC)c(Oc2ccc3c(c2)CCN(C(=O)O)CC3C(C)(C)C)c1. The molecule has 166 valence electrons. The zero-order chi connectivity index (χ0) is 22.8. The molecule has 0 aromatic heterocycles. The van der Waals surface area contributed by atoms with Crippen LogP contribution in [0.4, 0.5) is 4.79 Å². The maximum atomic E-state index is 12.0. The quantitative estimate of drug-likeness (QED) is 0.751. The van der Waals surface area contributed by atoms with Crippen LogP contribution in [-0.4, -0.2) is 49.3 Å². The van der Waals surface area contributed by atoms with E-state index in [2.05, 4.69) is 26.1 Å². The second-order valence-corrected chi connectivity index (χ2v) is 8.80. The minimum atomic E-state index is -0.894. The smallest absolute Gasteiger partial charge is 0.407 e. The van der Waals surface area contributed by atoms with Gasteiger partial charge in [0.2, 0.25) is 0 Å². The number of methoxy groups -OCH3 is 1. The lowest BCUT2D eigenvalue weighted by Crippen LogP contribution is -2.36. The molecule has 7 nitrogen and oxygen atoms in total. The number of ether oxygens (including phenoxy) is 2. The molecule has 7 heteroatoms. The second-order valence-electron chi connectivity index (χ2n) is 8.80. The van der Waals surface area contributed by atoms with Crippen LogP contribution in [0.2, 0.25) is 0 Å². The van der Waals surface area contributed by atoms with Gasteiger partial charge in [-0.1, -0.05) is 26.8 Å². The van der Waals surface area contributed by atoms with E-state index in [0.29, 0.717) is 42.3 Å². The number of nitrogens with one attached hydrogen (secondary N) is 1. The van der Waals surface area contributed by atoms with Crippen molar-refractivity contribution in [3.05, 3.63) is 53.1 Å². The third-order valence-electron chi connectivity index (χ3n) is 5.74. The Morgan fingerprint density at radius 2 is 1.87 bits per heavy atom. The monoisotopic (exact) mass is 426 g/mol. The summed E-state index contributed by atoms with van der Waals surface area (Å²) in [6.07, 6.45) is -0.282. The van der Waals surface area contributed by atoms with Crippen LogP contribution in [0, 0.1) is 5.41 Å². The highest BCUT2D eigenvalue weighted by atomic mass is 16.5. The highest BCUT2D eigenvalue weighted by molar-refractivity contribution is 5.94. The van der Waals surface area contributed by atoms with E-state index in [9.17, 15) is 14.7 Å². The first-order valence-electron chi connectivity index (χ1n) is 10.3. The van der Waals surface area contributed by atoms with Gasteiger partial charge >= 0.3 is 6.09 Å². The Morgan fingerprint density at radius 1 is 1.13 bits per heavy atom. The fourth-order valence-corrected chi connectivity index (χ4v) is 3.95. The van der Waals surface area contributed by atoms with Crippen LogP contribution in [0.1, 0.15) is 48.2 Å². The average Bonchev–Trinajstić information content (AvgIpc) is 2.92. The number of rotatable bonds is 4. The van der Waals surface area contributed by atoms with Crippen LogP contribution < -0.4 is 14.8 Å². The van der Waals surface area contributed by atoms with Gasteiger partial charge in [0.1, 0.15) is 5.75 Å². The van der Waals surface area contributed by atoms with Crippen molar-refractivity contribution < 1.29 is 24.2 Å². The lowest BCUT2D eigenvalue weighted by molar-refractivity contribution is 0.0962. The summed E-state index contributed by atoms with van der Waals surface area (Å²) >= 11 is 0. The van der Waals surface area contributed by atoms with E-state index in [4.69, 9.17) is 9.47 Å². The molecule has 2 N–H and O–H groups in total. The standard InChI is InChI=1S/C24H30N2O5/c1-24(2,3)19-14-26(23(28)29)11-10-15-12-17(7-8-18(15)19)31-21-13-16(22(27)25-4)6-9-20(21)30-5/h6-9,12-13,19H,10-11,14H2,1-5H3,(H,25,27)(H,28,29). The number of benzene rings is 2. The molecule has 31 heavy (non-hydrogen) atoms. The van der Waals surface area contributed by atoms with Gasteiger partial charge in [-0.25, -0.2) is 4.79 Å². The zero-order valence-corrected chi connectivity index (χ0v) is 18.7. The van der Waals surface area contributed by atoms with Crippen molar-refractivity contribution in [2.75, 3.05) is 27.2 Å². The zero-order valence-electron chi connectivity index (χ0n) is 18.7. The molecule has 1 atom stereocenters. The maximum Gasteiger partial charge on any atom is 0.407 e. The van der Waals surface area contributed by atoms with Crippen LogP contribution in [0.15, 0.2) is 36.4 Å². The molecular formula is C24H30N2O5. The molecule has 0 bridgehead atoms. The first-order valence-corrected chi connectivity index (χ1v) is 10.3. The van der Waals surface area contributed by atoms with Crippen molar-refractivity contribution in [1.29, 1.82) is 0 Å². The minimum absolute atomic E-state index is 0.0706. The normalized spacial score (nSPS) is 16.2. The predicted molar refractivity (Wildman–Crippen MR) is 118 cm³/mol. The molecule has 1 aliphatic heterocycles. The molecule has 0 fully saturated rings. The number of carbonyl (C=O) groups excluding carboxylic acids is 1. The van der Waals surface area contributed by atoms with E-state index in [1.54, 1.807) is 32.4 Å². The van der Waals surface area contributed by atoms with E-state index < -0.39 is 6.09 Å². The molecule has 0 aliphatic carbocycles. The summed E-state index contributed by atoms with van der Waals surface area (Å²) in [7, 11) is 3.12. The molecule has 0 saturated carbocycles. The number of hydrogen-bond donors (Lipinski definition) is 2. The molecule has 3 rings (SSSR count). The Kier molecular flexibility index (Phi) is 6.43. The first-order chi connectivity index (χ1) is 14.6. The molecule has 1 unspecified atom stereocenters. The highest BCUT2D eigenvalue weighted by Gasteiger charge is 2.33. The molecule has 0 radical (unpaired) electrons. The molecule has 2 aromatic carbocycles. The van der Waals surface area contributed by atoms with Crippen molar-refractivity contribution in [3.63, 3.8) is 0 Å². The Morgan fingerprint density at radius 3 is 2.48 bits per heavy atom. The lowest BCUT2D eigenvalue weighted by atomic mass is 9.75. The summed E-state index contributed by atoms with van der Waals surface area (Å²) < 4.78 is 11.5. The van der Waals surface area contributed by atoms with Crippen molar-refractivity contribution in [2.45, 2.75) is 33.1 Å². The van der Waals surface area contributed by atoms with E-state index in [1.165, 1.54) is 4.90 Å². The van der Waals surface area contributed by atoms with Gasteiger partial charge in [0.15, 0.2) is 11.5 Å². The van der Waals surface area contributed by atoms with E-state index >= 15 is 0 Å². The summed E-state index contributed by atoms with van der Waals surface area (Å²) in [4.78, 5) is 25.2. The molecule has 2 amide bonds. The molecule has 2 aromatic rings. The van der Waals surface area contributed by atoms with Gasteiger partial charge in [0, 0.05) is 31.6 Å². The van der Waals surface area contributed by atoms with E-state index in [-0.39, 0.29) is 17.2 Å². The summed E-state index contributed by atoms with van der Waals surface area (Å²) in [6.45, 7) is 7.30. The number of nitrogens with zero attached hydrogens (tertiary/aromatic N) is 1. The number of carboxylic acid groups (broad SMARTS) is 1. The predicted octanol–water partition coefficient (Wildman–Crippen LogP) is 4.51. The summed E-state index contributed by atoms with van der Waals surface area (Å²) in [5, 5.41) is 12.2. The number of hydrogen-bond acceptors (Lipinski definition) is 4. The maximum absolute atomic E-state index is 12.0. The molecule has 0 saturated heterocycles. The van der Waals surface area contributed by atoms with E-state index in [1.807, 2.05) is 18.2 Å². The van der Waals surface area contributed by atoms with Gasteiger partial charge in [-0.3, -0.25) is 4.79 Å². The van der Waals surface area contributed by atoms with Gasteiger partial charge in [-0.2, -0.15) is 0 Å². The minimum Gasteiger partial charge on any atom is -0.493 e. The van der Waals surface area contributed by atoms with Crippen LogP contribution >= 0.6 is 0 Å². The fourth-order valence-electron chi connectivity index (χ4n) is 3.95. The van der Waals surface area contributed by atoms with Crippen molar-refractivity contribution in [3.8, 4) is 17.2 Å². The number of amides is 2. The van der Waals surface area contributed by atoms with Crippen LogP contribution in [0.5, 0.6) is 17.2 Å². The lowest BCUT2D eigenvalue weighted by Gasteiger charge is -2.33. The van der Waals surface area contributed by atoms with Crippen LogP contribution in [0.25, 0.3) is 0 Å². The molecular weight excluding hydrogens is 396 g/mol. The highest BCUT2D eigenvalue weighted by Crippen LogP contribution is 2.41. The van der Waals surface area contributed by atoms with Gasteiger partial charge < -0.3 is 24.8 Å². The molecule has 1 aliphatic rings. The summed E-state index contributed by atoms with van der Waals surface area (Å²) in [5.74, 6) is 1.43. The first kappa shape index (κ1) is 22.5. The fraction of sp³-hybridized carbons (Fsp3) is 0.417. The topological polar surface area (TPSA) is 88.1 Å². The summed E-state index contributed by atoms with van der Waals surface area (Å²) in [5.41, 5.74) is 2.59. The third kappa shape index (κ3) is 4.93. The Hall–Kier alpha value is -3.22. The van der Waals surface area contributed by atoms with Gasteiger partial charge in [0.25, 0.3) is 5.91 Å². The van der Waals surface area contributed by atoms with Crippen molar-refractivity contribution in [1.82, 2.24) is 10.2 Å². The molecule has 1 heterocycles. The Labute approximate surface area is 183 Å². The van der Waals surface area contributed by atoms with Crippen molar-refractivity contribution in [2.24, 2.45) is 5.41 Å². The largest absolute Gasteiger partial charge is 0.493 e. The van der Waals surface area contributed by atoms with Gasteiger partial charge in [-0.05, 0) is 53.3 Å². The summed E-state index contributed by atoms with van der Waals surface area (Å²) in [6, 6.07) is 10.9. The van der Waals surface area contributed by atoms with Gasteiger partial charge in [0.05, 0.1) is 7.11 Å². The van der Waals surface area contributed by atoms with Crippen LogP contribution in [0.3, 0.4) is 0 Å². The van der Waals surface area contributed by atoms with Crippen molar-refractivity contribution >= 4 is 12.0 Å². The number of carbonyl (C=O) groups is 2. The number of fused-ring (bicyclic) bond motifs is 1. The Bertz CT molecular complexity index is 980. The third-order valence-corrected chi connectivity index (χ3v) is 5.74. The Balaban J connectivity index is 1.97. The second kappa shape index (κ2) is 8.88. The van der Waals surface area contributed by atoms with E-state index in [0.717, 1.165) is 11.1 Å². The van der Waals surface area contributed by atoms with Crippen LogP contribution in [-0.2, 0) is 6.42 Å². The van der Waals surface area contributed by atoms with Gasteiger partial charge in [-0.15, -0.1) is 0 Å². The molecule has 0 spiro atoms.